The minimum Gasteiger partial charge on any atom is -0.310 e. The summed E-state index contributed by atoms with van der Waals surface area (Å²) in [5.74, 6) is 0. The van der Waals surface area contributed by atoms with E-state index in [1.165, 1.54) is 12.8 Å². The second kappa shape index (κ2) is 5.71. The van der Waals surface area contributed by atoms with Gasteiger partial charge in [-0.1, -0.05) is 12.1 Å². The van der Waals surface area contributed by atoms with Crippen molar-refractivity contribution in [1.29, 1.82) is 0 Å². The van der Waals surface area contributed by atoms with Gasteiger partial charge in [0.15, 0.2) is 0 Å². The Morgan fingerprint density at radius 3 is 2.25 bits per heavy atom. The summed E-state index contributed by atoms with van der Waals surface area (Å²) in [6.45, 7) is 6.24. The van der Waals surface area contributed by atoms with Crippen molar-refractivity contribution in [2.24, 2.45) is 0 Å². The van der Waals surface area contributed by atoms with E-state index in [1.54, 1.807) is 32.9 Å². The van der Waals surface area contributed by atoms with E-state index in [-0.39, 0.29) is 0 Å². The van der Waals surface area contributed by atoms with Gasteiger partial charge in [0.05, 0.1) is 0 Å². The summed E-state index contributed by atoms with van der Waals surface area (Å²) >= 11 is 0. The topological polar surface area (TPSA) is 70.2 Å². The summed E-state index contributed by atoms with van der Waals surface area (Å²) in [5, 5.41) is 3.42. The van der Waals surface area contributed by atoms with Crippen LogP contribution in [0, 0.1) is 0 Å². The third-order valence-corrected chi connectivity index (χ3v) is 4.20. The lowest BCUT2D eigenvalue weighted by molar-refractivity contribution is 0.494. The first kappa shape index (κ1) is 15.3. The van der Waals surface area contributed by atoms with Crippen LogP contribution in [0.3, 0.4) is 0 Å². The van der Waals surface area contributed by atoms with E-state index in [1.807, 2.05) is 12.1 Å². The summed E-state index contributed by atoms with van der Waals surface area (Å²) in [4.78, 5) is 0. The summed E-state index contributed by atoms with van der Waals surface area (Å²) < 4.78 is 28.9. The number of rotatable bonds is 6. The average molecular weight is 297 g/mol. The Hall–Kier alpha value is -1.11. The minimum absolute atomic E-state index is 0.500. The molecule has 0 amide bonds. The molecule has 1 aromatic carbocycles. The fourth-order valence-electron chi connectivity index (χ4n) is 1.82. The van der Waals surface area contributed by atoms with E-state index in [2.05, 4.69) is 14.8 Å². The molecule has 0 atom stereocenters. The molecule has 0 heterocycles. The van der Waals surface area contributed by atoms with Gasteiger partial charge in [0, 0.05) is 23.8 Å². The smallest absolute Gasteiger partial charge is 0.299 e. The lowest BCUT2D eigenvalue weighted by Crippen LogP contribution is -2.43. The summed E-state index contributed by atoms with van der Waals surface area (Å²) in [6, 6.07) is 8.11. The molecule has 1 fully saturated rings. The van der Waals surface area contributed by atoms with Gasteiger partial charge in [-0.05, 0) is 51.3 Å². The molecule has 0 aromatic heterocycles. The van der Waals surface area contributed by atoms with Crippen molar-refractivity contribution >= 4 is 15.9 Å². The largest absolute Gasteiger partial charge is 0.310 e. The minimum atomic E-state index is -3.54. The Labute approximate surface area is 121 Å². The third kappa shape index (κ3) is 5.48. The van der Waals surface area contributed by atoms with Gasteiger partial charge < -0.3 is 5.32 Å². The van der Waals surface area contributed by atoms with Crippen molar-refractivity contribution in [2.75, 3.05) is 4.72 Å². The average Bonchev–Trinajstić information content (AvgIpc) is 3.08. The second-order valence-corrected chi connectivity index (χ2v) is 7.72. The van der Waals surface area contributed by atoms with Crippen molar-refractivity contribution in [3.63, 3.8) is 0 Å². The molecular formula is C14H23N3O2S. The van der Waals surface area contributed by atoms with Crippen molar-refractivity contribution < 1.29 is 8.42 Å². The van der Waals surface area contributed by atoms with Crippen molar-refractivity contribution in [3.05, 3.63) is 29.8 Å². The highest BCUT2D eigenvalue weighted by Crippen LogP contribution is 2.19. The molecule has 20 heavy (non-hydrogen) atoms. The highest BCUT2D eigenvalue weighted by atomic mass is 32.2. The maximum atomic E-state index is 11.9. The molecule has 0 spiro atoms. The van der Waals surface area contributed by atoms with Crippen LogP contribution in [0.2, 0.25) is 0 Å². The van der Waals surface area contributed by atoms with Crippen molar-refractivity contribution in [3.8, 4) is 0 Å². The number of anilines is 1. The predicted molar refractivity (Wildman–Crippen MR) is 81.7 cm³/mol. The molecule has 0 unspecified atom stereocenters. The van der Waals surface area contributed by atoms with Crippen LogP contribution in [0.4, 0.5) is 5.69 Å². The van der Waals surface area contributed by atoms with Crippen LogP contribution in [-0.2, 0) is 16.8 Å². The Bertz CT molecular complexity index is 543. The third-order valence-electron chi connectivity index (χ3n) is 2.82. The van der Waals surface area contributed by atoms with Gasteiger partial charge in [0.1, 0.15) is 0 Å². The molecule has 5 nitrogen and oxygen atoms in total. The summed E-state index contributed by atoms with van der Waals surface area (Å²) in [6.07, 6.45) is 2.52. The Morgan fingerprint density at radius 1 is 1.15 bits per heavy atom. The molecule has 1 aliphatic carbocycles. The second-order valence-electron chi connectivity index (χ2n) is 6.31. The van der Waals surface area contributed by atoms with Gasteiger partial charge in [0.25, 0.3) is 10.2 Å². The number of benzene rings is 1. The van der Waals surface area contributed by atoms with Crippen LogP contribution in [0.25, 0.3) is 0 Å². The SMILES string of the molecule is CC(C)(C)NS(=O)(=O)Nc1ccc(CNC2CC2)cc1. The number of hydrogen-bond acceptors (Lipinski definition) is 3. The van der Waals surface area contributed by atoms with E-state index < -0.39 is 15.7 Å². The fraction of sp³-hybridized carbons (Fsp3) is 0.571. The standard InChI is InChI=1S/C14H23N3O2S/c1-14(2,3)17-20(18,19)16-13-6-4-11(5-7-13)10-15-12-8-9-12/h4-7,12,15-17H,8-10H2,1-3H3. The van der Waals surface area contributed by atoms with Crippen LogP contribution in [0.15, 0.2) is 24.3 Å². The highest BCUT2D eigenvalue weighted by molar-refractivity contribution is 7.90. The van der Waals surface area contributed by atoms with Crippen LogP contribution < -0.4 is 14.8 Å². The summed E-state index contributed by atoms with van der Waals surface area (Å²) in [7, 11) is -3.54. The van der Waals surface area contributed by atoms with Crippen LogP contribution in [-0.4, -0.2) is 20.0 Å². The van der Waals surface area contributed by atoms with Gasteiger partial charge in [-0.3, -0.25) is 4.72 Å². The maximum Gasteiger partial charge on any atom is 0.299 e. The first-order valence-electron chi connectivity index (χ1n) is 6.88. The van der Waals surface area contributed by atoms with Crippen LogP contribution in [0.1, 0.15) is 39.2 Å². The number of nitrogens with one attached hydrogen (secondary N) is 3. The van der Waals surface area contributed by atoms with Gasteiger partial charge in [-0.25, -0.2) is 0 Å². The molecule has 1 saturated carbocycles. The fourth-order valence-corrected chi connectivity index (χ4v) is 3.13. The van der Waals surface area contributed by atoms with Crippen LogP contribution in [0.5, 0.6) is 0 Å². The molecule has 112 valence electrons. The molecule has 0 radical (unpaired) electrons. The van der Waals surface area contributed by atoms with Gasteiger partial charge in [0.2, 0.25) is 0 Å². The van der Waals surface area contributed by atoms with Gasteiger partial charge >= 0.3 is 0 Å². The monoisotopic (exact) mass is 297 g/mol. The van der Waals surface area contributed by atoms with E-state index in [0.717, 1.165) is 12.1 Å². The zero-order chi connectivity index (χ0) is 14.8. The zero-order valence-corrected chi connectivity index (χ0v) is 13.0. The predicted octanol–water partition coefficient (Wildman–Crippen LogP) is 1.98. The zero-order valence-electron chi connectivity index (χ0n) is 12.2. The molecule has 0 saturated heterocycles. The summed E-state index contributed by atoms with van der Waals surface area (Å²) in [5.41, 5.74) is 1.22. The van der Waals surface area contributed by atoms with E-state index >= 15 is 0 Å². The highest BCUT2D eigenvalue weighted by Gasteiger charge is 2.20. The molecule has 6 heteroatoms. The van der Waals surface area contributed by atoms with Crippen LogP contribution >= 0.6 is 0 Å². The molecule has 2 rings (SSSR count). The Morgan fingerprint density at radius 2 is 1.75 bits per heavy atom. The molecule has 1 aromatic rings. The normalized spacial score (nSPS) is 16.1. The molecule has 0 aliphatic heterocycles. The van der Waals surface area contributed by atoms with E-state index in [4.69, 9.17) is 0 Å². The van der Waals surface area contributed by atoms with Crippen molar-refractivity contribution in [2.45, 2.75) is 51.7 Å². The molecule has 1 aliphatic rings. The first-order valence-corrected chi connectivity index (χ1v) is 8.36. The lowest BCUT2D eigenvalue weighted by atomic mass is 10.1. The maximum absolute atomic E-state index is 11.9. The molecular weight excluding hydrogens is 274 g/mol. The Kier molecular flexibility index (Phi) is 4.36. The van der Waals surface area contributed by atoms with Gasteiger partial charge in [-0.15, -0.1) is 0 Å². The number of hydrogen-bond donors (Lipinski definition) is 3. The van der Waals surface area contributed by atoms with E-state index in [0.29, 0.717) is 11.7 Å². The first-order chi connectivity index (χ1) is 9.23. The molecule has 3 N–H and O–H groups in total. The quantitative estimate of drug-likeness (QED) is 0.752. The van der Waals surface area contributed by atoms with Gasteiger partial charge in [-0.2, -0.15) is 13.1 Å². The lowest BCUT2D eigenvalue weighted by Gasteiger charge is -2.20. The Balaban J connectivity index is 1.92. The van der Waals surface area contributed by atoms with Crippen molar-refractivity contribution in [1.82, 2.24) is 10.0 Å². The molecule has 0 bridgehead atoms. The van der Waals surface area contributed by atoms with E-state index in [9.17, 15) is 8.42 Å².